The molecule has 16 heavy (non-hydrogen) atoms. The predicted molar refractivity (Wildman–Crippen MR) is 72.1 cm³/mol. The Morgan fingerprint density at radius 2 is 1.94 bits per heavy atom. The van der Waals surface area contributed by atoms with Crippen molar-refractivity contribution < 1.29 is 0 Å². The molecule has 1 aromatic heterocycles. The fourth-order valence-corrected chi connectivity index (χ4v) is 2.24. The van der Waals surface area contributed by atoms with Crippen molar-refractivity contribution in [3.63, 3.8) is 0 Å². The second kappa shape index (κ2) is 5.36. The van der Waals surface area contributed by atoms with E-state index in [-0.39, 0.29) is 6.04 Å². The second-order valence-electron chi connectivity index (χ2n) is 3.45. The molecule has 1 N–H and O–H groups in total. The van der Waals surface area contributed by atoms with Gasteiger partial charge >= 0.3 is 0 Å². The van der Waals surface area contributed by atoms with Gasteiger partial charge in [0.25, 0.3) is 0 Å². The van der Waals surface area contributed by atoms with Crippen LogP contribution >= 0.6 is 22.6 Å². The molecule has 0 aliphatic rings. The maximum absolute atomic E-state index is 4.05. The summed E-state index contributed by atoms with van der Waals surface area (Å²) in [6, 6.07) is 8.56. The van der Waals surface area contributed by atoms with Gasteiger partial charge < -0.3 is 5.32 Å². The second-order valence-corrected chi connectivity index (χ2v) is 4.69. The molecule has 0 bridgehead atoms. The average Bonchev–Trinajstić information content (AvgIpc) is 2.31. The summed E-state index contributed by atoms with van der Waals surface area (Å²) in [6.45, 7) is 0. The molecule has 2 aromatic rings. The molecule has 0 saturated heterocycles. The molecule has 1 aromatic carbocycles. The molecule has 1 unspecified atom stereocenters. The van der Waals surface area contributed by atoms with E-state index in [0.717, 1.165) is 5.56 Å². The molecule has 1 atom stereocenters. The zero-order valence-electron chi connectivity index (χ0n) is 8.89. The topological polar surface area (TPSA) is 37.8 Å². The number of aromatic nitrogens is 2. The summed E-state index contributed by atoms with van der Waals surface area (Å²) in [4.78, 5) is 8.10. The van der Waals surface area contributed by atoms with E-state index in [9.17, 15) is 0 Å². The Kier molecular flexibility index (Phi) is 3.84. The van der Waals surface area contributed by atoms with E-state index in [1.54, 1.807) is 6.33 Å². The fraction of sp³-hybridized carbons (Fsp3) is 0.167. The lowest BCUT2D eigenvalue weighted by Crippen LogP contribution is -2.18. The Morgan fingerprint density at radius 3 is 2.56 bits per heavy atom. The zero-order valence-corrected chi connectivity index (χ0v) is 11.0. The molecule has 0 radical (unpaired) electrons. The Labute approximate surface area is 108 Å². The van der Waals surface area contributed by atoms with Gasteiger partial charge in [0, 0.05) is 21.5 Å². The van der Waals surface area contributed by atoms with Gasteiger partial charge in [-0.15, -0.1) is 0 Å². The van der Waals surface area contributed by atoms with Gasteiger partial charge in [-0.1, -0.05) is 12.1 Å². The SMILES string of the molecule is CNC(c1cncnc1)c1cccc(I)c1. The first-order chi connectivity index (χ1) is 7.81. The molecule has 0 spiro atoms. The molecule has 0 amide bonds. The van der Waals surface area contributed by atoms with Gasteiger partial charge in [0.2, 0.25) is 0 Å². The van der Waals surface area contributed by atoms with Gasteiger partial charge in [-0.25, -0.2) is 9.97 Å². The van der Waals surface area contributed by atoms with Crippen molar-refractivity contribution in [3.05, 3.63) is 57.7 Å². The number of halogens is 1. The number of hydrogen-bond acceptors (Lipinski definition) is 3. The number of nitrogens with one attached hydrogen (secondary N) is 1. The maximum Gasteiger partial charge on any atom is 0.115 e. The molecular formula is C12H12IN3. The van der Waals surface area contributed by atoms with Gasteiger partial charge in [-0.05, 0) is 47.3 Å². The number of benzene rings is 1. The summed E-state index contributed by atoms with van der Waals surface area (Å²) in [5.41, 5.74) is 2.30. The highest BCUT2D eigenvalue weighted by atomic mass is 127. The lowest BCUT2D eigenvalue weighted by molar-refractivity contribution is 0.684. The minimum absolute atomic E-state index is 0.149. The van der Waals surface area contributed by atoms with Crippen molar-refractivity contribution in [3.8, 4) is 0 Å². The van der Waals surface area contributed by atoms with Crippen molar-refractivity contribution in [2.75, 3.05) is 7.05 Å². The van der Waals surface area contributed by atoms with E-state index in [1.807, 2.05) is 19.4 Å². The van der Waals surface area contributed by atoms with Crippen LogP contribution in [0.15, 0.2) is 43.0 Å². The van der Waals surface area contributed by atoms with Crippen LogP contribution in [0.3, 0.4) is 0 Å². The monoisotopic (exact) mass is 325 g/mol. The van der Waals surface area contributed by atoms with Crippen LogP contribution in [0.25, 0.3) is 0 Å². The van der Waals surface area contributed by atoms with Crippen LogP contribution in [0, 0.1) is 3.57 Å². The first kappa shape index (κ1) is 11.5. The predicted octanol–water partition coefficient (Wildman–Crippen LogP) is 2.39. The largest absolute Gasteiger partial charge is 0.309 e. The van der Waals surface area contributed by atoms with Crippen LogP contribution in [0.2, 0.25) is 0 Å². The lowest BCUT2D eigenvalue weighted by atomic mass is 10.0. The van der Waals surface area contributed by atoms with Crippen LogP contribution in [0.1, 0.15) is 17.2 Å². The summed E-state index contributed by atoms with van der Waals surface area (Å²) in [5.74, 6) is 0. The van der Waals surface area contributed by atoms with Crippen molar-refractivity contribution in [1.82, 2.24) is 15.3 Å². The van der Waals surface area contributed by atoms with E-state index >= 15 is 0 Å². The Balaban J connectivity index is 2.37. The molecule has 0 aliphatic heterocycles. The number of hydrogen-bond donors (Lipinski definition) is 1. The third kappa shape index (κ3) is 2.56. The molecule has 1 heterocycles. The Bertz CT molecular complexity index is 459. The van der Waals surface area contributed by atoms with E-state index in [1.165, 1.54) is 9.13 Å². The third-order valence-electron chi connectivity index (χ3n) is 2.38. The van der Waals surface area contributed by atoms with Gasteiger partial charge in [0.1, 0.15) is 6.33 Å². The molecule has 4 heteroatoms. The first-order valence-electron chi connectivity index (χ1n) is 4.99. The highest BCUT2D eigenvalue weighted by Gasteiger charge is 2.12. The minimum atomic E-state index is 0.149. The van der Waals surface area contributed by atoms with E-state index in [2.05, 4.69) is 62.1 Å². The lowest BCUT2D eigenvalue weighted by Gasteiger charge is -2.16. The van der Waals surface area contributed by atoms with Crippen LogP contribution < -0.4 is 5.32 Å². The van der Waals surface area contributed by atoms with E-state index in [0.29, 0.717) is 0 Å². The van der Waals surface area contributed by atoms with Gasteiger partial charge in [0.15, 0.2) is 0 Å². The quantitative estimate of drug-likeness (QED) is 0.881. The minimum Gasteiger partial charge on any atom is -0.309 e. The molecule has 0 saturated carbocycles. The molecule has 82 valence electrons. The van der Waals surface area contributed by atoms with Crippen LogP contribution in [0.4, 0.5) is 0 Å². The molecule has 3 nitrogen and oxygen atoms in total. The van der Waals surface area contributed by atoms with Crippen molar-refractivity contribution >= 4 is 22.6 Å². The van der Waals surface area contributed by atoms with Crippen molar-refractivity contribution in [2.45, 2.75) is 6.04 Å². The normalized spacial score (nSPS) is 12.4. The first-order valence-corrected chi connectivity index (χ1v) is 6.07. The summed E-state index contributed by atoms with van der Waals surface area (Å²) < 4.78 is 1.23. The van der Waals surface area contributed by atoms with Crippen LogP contribution in [0.5, 0.6) is 0 Å². The summed E-state index contributed by atoms with van der Waals surface area (Å²) in [6.07, 6.45) is 5.23. The Hall–Kier alpha value is -1.01. The average molecular weight is 325 g/mol. The van der Waals surface area contributed by atoms with Crippen molar-refractivity contribution in [1.29, 1.82) is 0 Å². The van der Waals surface area contributed by atoms with Crippen molar-refractivity contribution in [2.24, 2.45) is 0 Å². The number of rotatable bonds is 3. The van der Waals surface area contributed by atoms with Gasteiger partial charge in [-0.2, -0.15) is 0 Å². The highest BCUT2D eigenvalue weighted by Crippen LogP contribution is 2.21. The van der Waals surface area contributed by atoms with Gasteiger partial charge in [-0.3, -0.25) is 0 Å². The molecule has 2 rings (SSSR count). The molecule has 0 aliphatic carbocycles. The smallest absolute Gasteiger partial charge is 0.115 e. The maximum atomic E-state index is 4.05. The summed E-state index contributed by atoms with van der Waals surface area (Å²) >= 11 is 2.32. The van der Waals surface area contributed by atoms with E-state index in [4.69, 9.17) is 0 Å². The van der Waals surface area contributed by atoms with E-state index < -0.39 is 0 Å². The standard InChI is InChI=1S/C12H12IN3/c1-14-12(10-6-15-8-16-7-10)9-3-2-4-11(13)5-9/h2-8,12,14H,1H3. The number of nitrogens with zero attached hydrogens (tertiary/aromatic N) is 2. The third-order valence-corrected chi connectivity index (χ3v) is 3.06. The van der Waals surface area contributed by atoms with Crippen LogP contribution in [-0.4, -0.2) is 17.0 Å². The zero-order chi connectivity index (χ0) is 11.4. The van der Waals surface area contributed by atoms with Crippen LogP contribution in [-0.2, 0) is 0 Å². The Morgan fingerprint density at radius 1 is 1.19 bits per heavy atom. The summed E-state index contributed by atoms with van der Waals surface area (Å²) in [7, 11) is 1.94. The fourth-order valence-electron chi connectivity index (χ4n) is 1.67. The molecule has 0 fully saturated rings. The summed E-state index contributed by atoms with van der Waals surface area (Å²) in [5, 5.41) is 3.28. The van der Waals surface area contributed by atoms with Gasteiger partial charge in [0.05, 0.1) is 6.04 Å². The highest BCUT2D eigenvalue weighted by molar-refractivity contribution is 14.1. The molecular weight excluding hydrogens is 313 g/mol.